The number of aromatic nitrogens is 4. The Morgan fingerprint density at radius 3 is 2.50 bits per heavy atom. The fraction of sp³-hybridized carbons (Fsp3) is 0.462. The normalized spacial score (nSPS) is 15.6. The number of anilines is 2. The van der Waals surface area contributed by atoms with E-state index in [1.165, 1.54) is 6.33 Å². The summed E-state index contributed by atoms with van der Waals surface area (Å²) >= 11 is 0. The highest BCUT2D eigenvalue weighted by Gasteiger charge is 2.19. The van der Waals surface area contributed by atoms with Crippen molar-refractivity contribution in [3.05, 3.63) is 23.8 Å². The predicted molar refractivity (Wildman–Crippen MR) is 76.1 cm³/mol. The summed E-state index contributed by atoms with van der Waals surface area (Å²) in [6, 6.07) is 2.00. The van der Waals surface area contributed by atoms with E-state index < -0.39 is 0 Å². The van der Waals surface area contributed by atoms with Crippen molar-refractivity contribution in [2.24, 2.45) is 0 Å². The van der Waals surface area contributed by atoms with E-state index in [2.05, 4.69) is 20.0 Å². The van der Waals surface area contributed by atoms with Gasteiger partial charge >= 0.3 is 0 Å². The van der Waals surface area contributed by atoms with E-state index >= 15 is 0 Å². The zero-order chi connectivity index (χ0) is 14.1. The van der Waals surface area contributed by atoms with Gasteiger partial charge in [-0.05, 0) is 19.9 Å². The van der Waals surface area contributed by atoms with Crippen LogP contribution in [0.3, 0.4) is 0 Å². The van der Waals surface area contributed by atoms with Gasteiger partial charge in [-0.1, -0.05) is 0 Å². The SMILES string of the molecule is Cc1cc(C)n(-c2ncnc(N3CCOCC3)c2N)n1. The highest BCUT2D eigenvalue weighted by molar-refractivity contribution is 5.70. The zero-order valence-electron chi connectivity index (χ0n) is 11.7. The molecule has 106 valence electrons. The molecule has 1 saturated heterocycles. The molecule has 20 heavy (non-hydrogen) atoms. The van der Waals surface area contributed by atoms with Gasteiger partial charge in [0, 0.05) is 18.8 Å². The van der Waals surface area contributed by atoms with Crippen molar-refractivity contribution in [1.29, 1.82) is 0 Å². The van der Waals surface area contributed by atoms with E-state index in [-0.39, 0.29) is 0 Å². The van der Waals surface area contributed by atoms with Gasteiger partial charge in [0.25, 0.3) is 0 Å². The van der Waals surface area contributed by atoms with Gasteiger partial charge < -0.3 is 15.4 Å². The Labute approximate surface area is 117 Å². The van der Waals surface area contributed by atoms with E-state index in [1.54, 1.807) is 4.68 Å². The summed E-state index contributed by atoms with van der Waals surface area (Å²) < 4.78 is 7.12. The minimum absolute atomic E-state index is 0.556. The number of morpholine rings is 1. The van der Waals surface area contributed by atoms with Crippen LogP contribution in [0.25, 0.3) is 5.82 Å². The fourth-order valence-electron chi connectivity index (χ4n) is 2.42. The minimum Gasteiger partial charge on any atom is -0.393 e. The lowest BCUT2D eigenvalue weighted by Gasteiger charge is -2.28. The maximum absolute atomic E-state index is 6.26. The van der Waals surface area contributed by atoms with Gasteiger partial charge in [0.1, 0.15) is 12.0 Å². The van der Waals surface area contributed by atoms with Crippen molar-refractivity contribution in [2.75, 3.05) is 36.9 Å². The monoisotopic (exact) mass is 274 g/mol. The van der Waals surface area contributed by atoms with Crippen molar-refractivity contribution in [3.8, 4) is 5.82 Å². The smallest absolute Gasteiger partial charge is 0.182 e. The molecule has 0 aromatic carbocycles. The lowest BCUT2D eigenvalue weighted by molar-refractivity contribution is 0.122. The summed E-state index contributed by atoms with van der Waals surface area (Å²) in [5.41, 5.74) is 8.75. The molecule has 0 radical (unpaired) electrons. The fourth-order valence-corrected chi connectivity index (χ4v) is 2.42. The Bertz CT molecular complexity index is 617. The highest BCUT2D eigenvalue weighted by atomic mass is 16.5. The molecule has 1 aliphatic rings. The first-order valence-corrected chi connectivity index (χ1v) is 6.63. The van der Waals surface area contributed by atoms with Gasteiger partial charge in [-0.15, -0.1) is 0 Å². The van der Waals surface area contributed by atoms with Gasteiger partial charge in [0.15, 0.2) is 11.6 Å². The molecule has 7 heteroatoms. The average molecular weight is 274 g/mol. The molecule has 7 nitrogen and oxygen atoms in total. The van der Waals surface area contributed by atoms with Crippen LogP contribution in [0.5, 0.6) is 0 Å². The first kappa shape index (κ1) is 12.9. The van der Waals surface area contributed by atoms with E-state index in [1.807, 2.05) is 19.9 Å². The first-order chi connectivity index (χ1) is 9.66. The molecule has 0 saturated carbocycles. The number of hydrogen-bond acceptors (Lipinski definition) is 6. The second kappa shape index (κ2) is 5.09. The van der Waals surface area contributed by atoms with Crippen LogP contribution in [0.2, 0.25) is 0 Å². The second-order valence-corrected chi connectivity index (χ2v) is 4.87. The molecule has 3 rings (SSSR count). The second-order valence-electron chi connectivity index (χ2n) is 4.87. The van der Waals surface area contributed by atoms with Crippen LogP contribution in [-0.4, -0.2) is 46.1 Å². The largest absolute Gasteiger partial charge is 0.393 e. The zero-order valence-corrected chi connectivity index (χ0v) is 11.7. The number of nitrogens with zero attached hydrogens (tertiary/aromatic N) is 5. The molecule has 2 aromatic heterocycles. The van der Waals surface area contributed by atoms with E-state index in [0.717, 1.165) is 30.3 Å². The summed E-state index contributed by atoms with van der Waals surface area (Å²) in [5.74, 6) is 1.39. The van der Waals surface area contributed by atoms with Crippen molar-refractivity contribution in [2.45, 2.75) is 13.8 Å². The number of nitrogen functional groups attached to an aromatic ring is 1. The topological polar surface area (TPSA) is 82.1 Å². The highest BCUT2D eigenvalue weighted by Crippen LogP contribution is 2.26. The van der Waals surface area contributed by atoms with Crippen LogP contribution in [0.15, 0.2) is 12.4 Å². The Kier molecular flexibility index (Phi) is 3.27. The lowest BCUT2D eigenvalue weighted by atomic mass is 10.3. The third-order valence-electron chi connectivity index (χ3n) is 3.36. The van der Waals surface area contributed by atoms with Crippen LogP contribution in [0, 0.1) is 13.8 Å². The van der Waals surface area contributed by atoms with Crippen LogP contribution in [0.4, 0.5) is 11.5 Å². The number of nitrogens with two attached hydrogens (primary N) is 1. The Balaban J connectivity index is 2.02. The molecule has 0 spiro atoms. The van der Waals surface area contributed by atoms with Crippen molar-refractivity contribution < 1.29 is 4.74 Å². The molecular weight excluding hydrogens is 256 g/mol. The van der Waals surface area contributed by atoms with Crippen molar-refractivity contribution in [1.82, 2.24) is 19.7 Å². The molecule has 0 unspecified atom stereocenters. The molecule has 1 aliphatic heterocycles. The van der Waals surface area contributed by atoms with Crippen molar-refractivity contribution in [3.63, 3.8) is 0 Å². The van der Waals surface area contributed by atoms with Crippen molar-refractivity contribution >= 4 is 11.5 Å². The van der Waals surface area contributed by atoms with Gasteiger partial charge in [0.2, 0.25) is 0 Å². The average Bonchev–Trinajstić information content (AvgIpc) is 2.79. The number of hydrogen-bond donors (Lipinski definition) is 1. The summed E-state index contributed by atoms with van der Waals surface area (Å²) in [6.07, 6.45) is 1.53. The molecule has 3 heterocycles. The maximum atomic E-state index is 6.26. The summed E-state index contributed by atoms with van der Waals surface area (Å²) in [6.45, 7) is 6.90. The molecule has 0 bridgehead atoms. The standard InChI is InChI=1S/C13H18N6O/c1-9-7-10(2)19(17-9)13-11(14)12(15-8-16-13)18-3-5-20-6-4-18/h7-8H,3-6,14H2,1-2H3. The predicted octanol–water partition coefficient (Wildman–Crippen LogP) is 0.698. The van der Waals surface area contributed by atoms with Crippen LogP contribution in [-0.2, 0) is 4.74 Å². The summed E-state index contributed by atoms with van der Waals surface area (Å²) in [4.78, 5) is 10.7. The molecule has 0 atom stereocenters. The maximum Gasteiger partial charge on any atom is 0.182 e. The molecule has 0 aliphatic carbocycles. The molecule has 2 aromatic rings. The third-order valence-corrected chi connectivity index (χ3v) is 3.36. The Morgan fingerprint density at radius 2 is 1.85 bits per heavy atom. The van der Waals surface area contributed by atoms with Crippen LogP contribution in [0.1, 0.15) is 11.4 Å². The van der Waals surface area contributed by atoms with E-state index in [4.69, 9.17) is 10.5 Å². The van der Waals surface area contributed by atoms with Crippen LogP contribution < -0.4 is 10.6 Å². The Hall–Kier alpha value is -2.15. The summed E-state index contributed by atoms with van der Waals surface area (Å²) in [5, 5.41) is 4.43. The number of rotatable bonds is 2. The lowest BCUT2D eigenvalue weighted by Crippen LogP contribution is -2.37. The molecule has 0 amide bonds. The molecular formula is C13H18N6O. The molecule has 2 N–H and O–H groups in total. The number of ether oxygens (including phenoxy) is 1. The summed E-state index contributed by atoms with van der Waals surface area (Å²) in [7, 11) is 0. The van der Waals surface area contributed by atoms with Gasteiger partial charge in [-0.3, -0.25) is 0 Å². The van der Waals surface area contributed by atoms with E-state index in [0.29, 0.717) is 24.7 Å². The Morgan fingerprint density at radius 1 is 1.15 bits per heavy atom. The molecule has 1 fully saturated rings. The quantitative estimate of drug-likeness (QED) is 0.868. The number of aryl methyl sites for hydroxylation is 2. The van der Waals surface area contributed by atoms with Crippen LogP contribution >= 0.6 is 0 Å². The first-order valence-electron chi connectivity index (χ1n) is 6.63. The van der Waals surface area contributed by atoms with Gasteiger partial charge in [0.05, 0.1) is 18.9 Å². The van der Waals surface area contributed by atoms with E-state index in [9.17, 15) is 0 Å². The van der Waals surface area contributed by atoms with Gasteiger partial charge in [-0.2, -0.15) is 5.10 Å². The van der Waals surface area contributed by atoms with Gasteiger partial charge in [-0.25, -0.2) is 14.6 Å². The third kappa shape index (κ3) is 2.20. The minimum atomic E-state index is 0.556.